The molecule has 4 rings (SSSR count). The van der Waals surface area contributed by atoms with E-state index in [2.05, 4.69) is 10.8 Å². The fourth-order valence-electron chi connectivity index (χ4n) is 7.77. The summed E-state index contributed by atoms with van der Waals surface area (Å²) < 4.78 is 0. The van der Waals surface area contributed by atoms with E-state index in [4.69, 9.17) is 4.84 Å². The van der Waals surface area contributed by atoms with Crippen LogP contribution < -0.4 is 10.8 Å². The summed E-state index contributed by atoms with van der Waals surface area (Å²) in [6, 6.07) is -0.519. The molecule has 4 N–H and O–H groups in total. The van der Waals surface area contributed by atoms with E-state index < -0.39 is 29.8 Å². The number of nitrogens with one attached hydrogen (secondary N) is 2. The number of rotatable bonds is 11. The van der Waals surface area contributed by atoms with Gasteiger partial charge in [-0.25, -0.2) is 0 Å². The highest BCUT2D eigenvalue weighted by molar-refractivity contribution is 5.85. The topological polar surface area (TPSA) is 168 Å². The summed E-state index contributed by atoms with van der Waals surface area (Å²) in [5, 5.41) is 33.3. The zero-order valence-electron chi connectivity index (χ0n) is 23.5. The van der Waals surface area contributed by atoms with Crippen LogP contribution in [0.2, 0.25) is 0 Å². The maximum atomic E-state index is 12.9. The predicted molar refractivity (Wildman–Crippen MR) is 146 cm³/mol. The lowest BCUT2D eigenvalue weighted by molar-refractivity contribution is -0.528. The van der Waals surface area contributed by atoms with E-state index in [9.17, 15) is 34.7 Å². The van der Waals surface area contributed by atoms with Crippen LogP contribution in [-0.2, 0) is 19.2 Å². The fraction of sp³-hybridized carbons (Fsp3) is 0.897. The monoisotopic (exact) mass is 565 g/mol. The molecule has 0 saturated heterocycles. The smallest absolute Gasteiger partial charge is 0.307 e. The number of hydrogen-bond acceptors (Lipinski definition) is 7. The predicted octanol–water partition coefficient (Wildman–Crippen LogP) is 4.17. The zero-order valence-corrected chi connectivity index (χ0v) is 23.5. The minimum Gasteiger partial charge on any atom is -0.481 e. The zero-order chi connectivity index (χ0) is 28.6. The number of amides is 1. The summed E-state index contributed by atoms with van der Waals surface area (Å²) in [7, 11) is 0. The maximum absolute atomic E-state index is 12.9. The van der Waals surface area contributed by atoms with Gasteiger partial charge in [0.2, 0.25) is 11.9 Å². The van der Waals surface area contributed by atoms with Gasteiger partial charge < -0.3 is 20.4 Å². The van der Waals surface area contributed by atoms with Crippen molar-refractivity contribution >= 4 is 17.8 Å². The van der Waals surface area contributed by atoms with E-state index in [1.165, 1.54) is 6.42 Å². The Kier molecular flexibility index (Phi) is 11.2. The van der Waals surface area contributed by atoms with Gasteiger partial charge in [0.25, 0.3) is 0 Å². The molecule has 0 aromatic rings. The Balaban J connectivity index is 1.12. The Morgan fingerprint density at radius 2 is 1.35 bits per heavy atom. The summed E-state index contributed by atoms with van der Waals surface area (Å²) in [5.74, 6) is -2.66. The van der Waals surface area contributed by atoms with Gasteiger partial charge in [-0.05, 0) is 94.8 Å². The van der Waals surface area contributed by atoms with Crippen molar-refractivity contribution in [1.29, 1.82) is 0 Å². The molecule has 0 heterocycles. The van der Waals surface area contributed by atoms with E-state index in [0.717, 1.165) is 77.0 Å². The molecule has 1 amide bonds. The van der Waals surface area contributed by atoms with E-state index in [1.807, 2.05) is 0 Å². The van der Waals surface area contributed by atoms with Gasteiger partial charge in [0.15, 0.2) is 0 Å². The third kappa shape index (κ3) is 8.38. The number of hydrogen-bond donors (Lipinski definition) is 4. The first-order valence-corrected chi connectivity index (χ1v) is 15.5. The van der Waals surface area contributed by atoms with Crippen LogP contribution in [0.15, 0.2) is 0 Å². The van der Waals surface area contributed by atoms with Crippen molar-refractivity contribution < 1.29 is 34.4 Å². The van der Waals surface area contributed by atoms with Gasteiger partial charge in [-0.15, -0.1) is 0 Å². The van der Waals surface area contributed by atoms with Gasteiger partial charge >= 0.3 is 11.9 Å². The van der Waals surface area contributed by atoms with Crippen molar-refractivity contribution in [2.75, 3.05) is 6.61 Å². The number of carbonyl (C=O) groups is 3. The largest absolute Gasteiger partial charge is 0.481 e. The molecule has 4 aliphatic carbocycles. The molecule has 0 aliphatic heterocycles. The molecule has 0 spiro atoms. The van der Waals surface area contributed by atoms with Crippen molar-refractivity contribution in [3.63, 3.8) is 0 Å². The SMILES string of the molecule is O=C(O)C1CCCCC1CONC1CCC(CC2CCC(NC(=O)C3CC([N+](=O)[O-])CCC3C(=O)O)CC2)CC1. The third-order valence-electron chi connectivity index (χ3n) is 10.3. The van der Waals surface area contributed by atoms with Crippen molar-refractivity contribution in [2.24, 2.45) is 35.5 Å². The van der Waals surface area contributed by atoms with E-state index in [0.29, 0.717) is 24.5 Å². The normalized spacial score (nSPS) is 36.9. The summed E-state index contributed by atoms with van der Waals surface area (Å²) in [5.41, 5.74) is 3.22. The van der Waals surface area contributed by atoms with Crippen molar-refractivity contribution in [1.82, 2.24) is 10.8 Å². The van der Waals surface area contributed by atoms with Crippen LogP contribution in [0.4, 0.5) is 0 Å². The molecule has 0 aromatic heterocycles. The second-order valence-electron chi connectivity index (χ2n) is 12.9. The standard InChI is InChI=1S/C29H47N3O8/c33-27(26-16-23(32(38)39)13-14-25(26)29(36)37)30-21-9-5-18(6-10-21)15-19-7-11-22(12-8-19)31-40-17-20-3-1-2-4-24(20)28(34)35/h18-26,31H,1-17H2,(H,30,33)(H,34,35)(H,36,37). The maximum Gasteiger partial charge on any atom is 0.307 e. The minimum atomic E-state index is -1.04. The van der Waals surface area contributed by atoms with Crippen LogP contribution in [-0.4, -0.2) is 57.7 Å². The second-order valence-corrected chi connectivity index (χ2v) is 12.9. The summed E-state index contributed by atoms with van der Waals surface area (Å²) in [4.78, 5) is 52.8. The molecular formula is C29H47N3O8. The van der Waals surface area contributed by atoms with Gasteiger partial charge in [-0.2, -0.15) is 5.48 Å². The van der Waals surface area contributed by atoms with Gasteiger partial charge in [0.1, 0.15) is 0 Å². The lowest BCUT2D eigenvalue weighted by atomic mass is 9.75. The molecule has 0 radical (unpaired) electrons. The van der Waals surface area contributed by atoms with Crippen LogP contribution in [0.5, 0.6) is 0 Å². The molecule has 40 heavy (non-hydrogen) atoms. The number of carboxylic acids is 2. The second kappa shape index (κ2) is 14.6. The first-order chi connectivity index (χ1) is 19.2. The number of hydroxylamine groups is 1. The molecule has 5 atom stereocenters. The Hall–Kier alpha value is -2.27. The molecular weight excluding hydrogens is 518 g/mol. The molecule has 4 saturated carbocycles. The number of carboxylic acid groups (broad SMARTS) is 2. The highest BCUT2D eigenvalue weighted by Gasteiger charge is 2.44. The summed E-state index contributed by atoms with van der Waals surface area (Å²) >= 11 is 0. The molecule has 226 valence electrons. The molecule has 11 nitrogen and oxygen atoms in total. The third-order valence-corrected chi connectivity index (χ3v) is 10.3. The lowest BCUT2D eigenvalue weighted by Gasteiger charge is -2.36. The Labute approximate surface area is 236 Å². The quantitative estimate of drug-likeness (QED) is 0.212. The summed E-state index contributed by atoms with van der Waals surface area (Å²) in [6.07, 6.45) is 13.5. The molecule has 4 fully saturated rings. The highest BCUT2D eigenvalue weighted by atomic mass is 16.6. The highest BCUT2D eigenvalue weighted by Crippen LogP contribution is 2.37. The Morgan fingerprint density at radius 3 is 1.95 bits per heavy atom. The molecule has 5 unspecified atom stereocenters. The molecule has 0 aromatic carbocycles. The molecule has 4 aliphatic rings. The van der Waals surface area contributed by atoms with Crippen molar-refractivity contribution in [3.05, 3.63) is 10.1 Å². The first-order valence-electron chi connectivity index (χ1n) is 15.5. The molecule has 0 bridgehead atoms. The first kappa shape index (κ1) is 30.7. The van der Waals surface area contributed by atoms with Crippen molar-refractivity contribution in [2.45, 2.75) is 121 Å². The van der Waals surface area contributed by atoms with Crippen molar-refractivity contribution in [3.8, 4) is 0 Å². The Morgan fingerprint density at radius 1 is 0.750 bits per heavy atom. The fourth-order valence-corrected chi connectivity index (χ4v) is 7.77. The van der Waals surface area contributed by atoms with E-state index in [1.54, 1.807) is 0 Å². The number of nitro groups is 1. The van der Waals surface area contributed by atoms with Crippen LogP contribution in [0.3, 0.4) is 0 Å². The molecule has 11 heteroatoms. The van der Waals surface area contributed by atoms with Gasteiger partial charge in [-0.1, -0.05) is 12.8 Å². The van der Waals surface area contributed by atoms with Crippen LogP contribution in [0.25, 0.3) is 0 Å². The number of nitrogens with zero attached hydrogens (tertiary/aromatic N) is 1. The van der Waals surface area contributed by atoms with Crippen LogP contribution >= 0.6 is 0 Å². The lowest BCUT2D eigenvalue weighted by Crippen LogP contribution is -2.48. The van der Waals surface area contributed by atoms with Gasteiger partial charge in [-0.3, -0.25) is 24.5 Å². The number of carbonyl (C=O) groups excluding carboxylic acids is 1. The van der Waals surface area contributed by atoms with E-state index >= 15 is 0 Å². The minimum absolute atomic E-state index is 0.00283. The van der Waals surface area contributed by atoms with Crippen LogP contribution in [0, 0.1) is 45.6 Å². The average Bonchev–Trinajstić information content (AvgIpc) is 2.94. The van der Waals surface area contributed by atoms with E-state index in [-0.39, 0.29) is 48.0 Å². The Bertz CT molecular complexity index is 885. The van der Waals surface area contributed by atoms with Gasteiger partial charge in [0, 0.05) is 29.8 Å². The average molecular weight is 566 g/mol. The number of aliphatic carboxylic acids is 2. The summed E-state index contributed by atoms with van der Waals surface area (Å²) in [6.45, 7) is 0.463. The van der Waals surface area contributed by atoms with Gasteiger partial charge in [0.05, 0.1) is 24.4 Å². The van der Waals surface area contributed by atoms with Crippen LogP contribution in [0.1, 0.15) is 103 Å².